The molecule has 0 radical (unpaired) electrons. The van der Waals surface area contributed by atoms with Crippen LogP contribution in [-0.2, 0) is 28.1 Å². The second kappa shape index (κ2) is 6.24. The first-order valence-electron chi connectivity index (χ1n) is 9.56. The molecule has 0 aromatic heterocycles. The second-order valence-electron chi connectivity index (χ2n) is 7.49. The number of aryl methyl sites for hydroxylation is 2. The zero-order valence-electron chi connectivity index (χ0n) is 14.6. The van der Waals surface area contributed by atoms with E-state index in [1.165, 1.54) is 48.2 Å². The van der Waals surface area contributed by atoms with E-state index in [2.05, 4.69) is 53.4 Å². The third kappa shape index (κ3) is 2.62. The maximum atomic E-state index is 6.72. The van der Waals surface area contributed by atoms with E-state index in [1.54, 1.807) is 0 Å². The minimum Gasteiger partial charge on any atom is -0.339 e. The molecular weight excluding hydrogens is 310 g/mol. The molecule has 1 unspecified atom stereocenters. The average Bonchev–Trinajstić information content (AvgIpc) is 3.29. The van der Waals surface area contributed by atoms with Crippen molar-refractivity contribution in [2.75, 3.05) is 26.2 Å². The van der Waals surface area contributed by atoms with Crippen LogP contribution in [0.1, 0.15) is 35.1 Å². The second-order valence-corrected chi connectivity index (χ2v) is 7.49. The molecule has 1 aliphatic carbocycles. The van der Waals surface area contributed by atoms with Gasteiger partial charge in [-0.3, -0.25) is 0 Å². The van der Waals surface area contributed by atoms with Gasteiger partial charge in [0.05, 0.1) is 12.7 Å². The third-order valence-corrected chi connectivity index (χ3v) is 5.87. The van der Waals surface area contributed by atoms with Gasteiger partial charge in [0.2, 0.25) is 5.79 Å². The Labute approximate surface area is 149 Å². The van der Waals surface area contributed by atoms with Gasteiger partial charge in [0.25, 0.3) is 0 Å². The summed E-state index contributed by atoms with van der Waals surface area (Å²) in [4.78, 5) is 2.52. The number of hydrogen-bond acceptors (Lipinski definition) is 3. The number of fused-ring (bicyclic) bond motifs is 4. The number of hydrogen-bond donors (Lipinski definition) is 0. The molecule has 0 N–H and O–H groups in total. The van der Waals surface area contributed by atoms with E-state index in [1.807, 2.05) is 0 Å². The van der Waals surface area contributed by atoms with Crippen molar-refractivity contribution in [3.8, 4) is 0 Å². The first-order valence-corrected chi connectivity index (χ1v) is 9.56. The van der Waals surface area contributed by atoms with Crippen LogP contribution >= 0.6 is 0 Å². The molecule has 2 fully saturated rings. The maximum Gasteiger partial charge on any atom is 0.223 e. The van der Waals surface area contributed by atoms with Gasteiger partial charge >= 0.3 is 0 Å². The lowest BCUT2D eigenvalue weighted by Crippen LogP contribution is -2.35. The van der Waals surface area contributed by atoms with E-state index in [0.717, 1.165) is 19.4 Å². The third-order valence-electron chi connectivity index (χ3n) is 5.87. The van der Waals surface area contributed by atoms with Crippen LogP contribution in [0.5, 0.6) is 0 Å². The van der Waals surface area contributed by atoms with Crippen LogP contribution in [-0.4, -0.2) is 37.2 Å². The minimum absolute atomic E-state index is 0.136. The Kier molecular flexibility index (Phi) is 3.89. The summed E-state index contributed by atoms with van der Waals surface area (Å²) in [5.74, 6) is -0.728. The molecule has 1 atom stereocenters. The van der Waals surface area contributed by atoms with Gasteiger partial charge in [0, 0.05) is 17.7 Å². The predicted molar refractivity (Wildman–Crippen MR) is 97.6 cm³/mol. The summed E-state index contributed by atoms with van der Waals surface area (Å²) in [6.45, 7) is 4.03. The van der Waals surface area contributed by atoms with Crippen molar-refractivity contribution in [3.63, 3.8) is 0 Å². The number of ether oxygens (including phenoxy) is 2. The van der Waals surface area contributed by atoms with E-state index in [0.29, 0.717) is 6.61 Å². The summed E-state index contributed by atoms with van der Waals surface area (Å²) < 4.78 is 13.2. The lowest BCUT2D eigenvalue weighted by Gasteiger charge is -2.31. The van der Waals surface area contributed by atoms with Crippen molar-refractivity contribution in [1.82, 2.24) is 4.90 Å². The molecule has 130 valence electrons. The normalized spacial score (nSPS) is 24.9. The Balaban J connectivity index is 1.55. The zero-order chi connectivity index (χ0) is 16.7. The fourth-order valence-electron chi connectivity index (χ4n) is 4.67. The van der Waals surface area contributed by atoms with Crippen LogP contribution in [0.4, 0.5) is 0 Å². The first kappa shape index (κ1) is 15.6. The van der Waals surface area contributed by atoms with Crippen LogP contribution in [0.15, 0.2) is 48.5 Å². The smallest absolute Gasteiger partial charge is 0.223 e. The van der Waals surface area contributed by atoms with Crippen LogP contribution in [0, 0.1) is 0 Å². The van der Waals surface area contributed by atoms with Crippen molar-refractivity contribution in [2.45, 2.75) is 37.6 Å². The number of rotatable bonds is 2. The lowest BCUT2D eigenvalue weighted by atomic mass is 9.93. The Hall–Kier alpha value is -1.68. The summed E-state index contributed by atoms with van der Waals surface area (Å²) in [5.41, 5.74) is 5.09. The Bertz CT molecular complexity index is 719. The Morgan fingerprint density at radius 1 is 0.880 bits per heavy atom. The van der Waals surface area contributed by atoms with E-state index >= 15 is 0 Å². The number of likely N-dealkylation sites (tertiary alicyclic amines) is 1. The maximum absolute atomic E-state index is 6.72. The molecule has 0 saturated carbocycles. The predicted octanol–water partition coefficient (Wildman–Crippen LogP) is 3.50. The molecule has 0 amide bonds. The van der Waals surface area contributed by atoms with Gasteiger partial charge in [-0.25, -0.2) is 0 Å². The monoisotopic (exact) mass is 335 g/mol. The van der Waals surface area contributed by atoms with E-state index in [-0.39, 0.29) is 6.10 Å². The van der Waals surface area contributed by atoms with Gasteiger partial charge in [-0.2, -0.15) is 0 Å². The average molecular weight is 335 g/mol. The number of benzene rings is 2. The molecule has 2 saturated heterocycles. The number of nitrogens with zero attached hydrogens (tertiary/aromatic N) is 1. The molecule has 5 rings (SSSR count). The molecule has 2 aliphatic heterocycles. The quantitative estimate of drug-likeness (QED) is 0.838. The molecule has 3 aliphatic rings. The highest BCUT2D eigenvalue weighted by atomic mass is 16.7. The standard InChI is InChI=1S/C22H25NO2/c1-3-9-20-17(7-1)11-12-18-8-2-4-10-21(18)22(20)24-16-19(25-22)15-23-13-5-6-14-23/h1-4,7-10,19H,5-6,11-16H2. The van der Waals surface area contributed by atoms with Gasteiger partial charge in [-0.05, 0) is 49.9 Å². The van der Waals surface area contributed by atoms with Crippen LogP contribution in [0.2, 0.25) is 0 Å². The Morgan fingerprint density at radius 3 is 2.12 bits per heavy atom. The van der Waals surface area contributed by atoms with Crippen molar-refractivity contribution in [1.29, 1.82) is 0 Å². The highest BCUT2D eigenvalue weighted by molar-refractivity contribution is 5.46. The van der Waals surface area contributed by atoms with Gasteiger partial charge in [0.15, 0.2) is 0 Å². The Morgan fingerprint density at radius 2 is 1.48 bits per heavy atom. The fraction of sp³-hybridized carbons (Fsp3) is 0.455. The van der Waals surface area contributed by atoms with Gasteiger partial charge in [-0.15, -0.1) is 0 Å². The highest BCUT2D eigenvalue weighted by Gasteiger charge is 2.48. The largest absolute Gasteiger partial charge is 0.339 e. The minimum atomic E-state index is -0.728. The first-order chi connectivity index (χ1) is 12.4. The summed E-state index contributed by atoms with van der Waals surface area (Å²) >= 11 is 0. The van der Waals surface area contributed by atoms with Gasteiger partial charge in [-0.1, -0.05) is 48.5 Å². The van der Waals surface area contributed by atoms with E-state index in [4.69, 9.17) is 9.47 Å². The summed E-state index contributed by atoms with van der Waals surface area (Å²) in [6.07, 6.45) is 4.84. The summed E-state index contributed by atoms with van der Waals surface area (Å²) in [6, 6.07) is 17.3. The fourth-order valence-corrected chi connectivity index (χ4v) is 4.67. The van der Waals surface area contributed by atoms with Crippen LogP contribution in [0.25, 0.3) is 0 Å². The molecule has 0 bridgehead atoms. The van der Waals surface area contributed by atoms with Crippen molar-refractivity contribution in [3.05, 3.63) is 70.8 Å². The molecule has 2 aromatic carbocycles. The molecule has 3 heteroatoms. The molecular formula is C22H25NO2. The van der Waals surface area contributed by atoms with Crippen molar-refractivity contribution >= 4 is 0 Å². The van der Waals surface area contributed by atoms with Crippen molar-refractivity contribution < 1.29 is 9.47 Å². The highest BCUT2D eigenvalue weighted by Crippen LogP contribution is 2.45. The lowest BCUT2D eigenvalue weighted by molar-refractivity contribution is -0.144. The summed E-state index contributed by atoms with van der Waals surface area (Å²) in [5, 5.41) is 0. The SMILES string of the molecule is c1ccc2c(c1)CCc1ccccc1C21OCC(CN2CCCC2)O1. The van der Waals surface area contributed by atoms with E-state index < -0.39 is 5.79 Å². The van der Waals surface area contributed by atoms with E-state index in [9.17, 15) is 0 Å². The molecule has 3 nitrogen and oxygen atoms in total. The summed E-state index contributed by atoms with van der Waals surface area (Å²) in [7, 11) is 0. The van der Waals surface area contributed by atoms with Gasteiger partial charge in [0.1, 0.15) is 0 Å². The molecule has 2 aromatic rings. The topological polar surface area (TPSA) is 21.7 Å². The van der Waals surface area contributed by atoms with Gasteiger partial charge < -0.3 is 14.4 Å². The molecule has 25 heavy (non-hydrogen) atoms. The molecule has 1 spiro atoms. The van der Waals surface area contributed by atoms with Crippen molar-refractivity contribution in [2.24, 2.45) is 0 Å². The molecule has 2 heterocycles. The van der Waals surface area contributed by atoms with Crippen LogP contribution < -0.4 is 0 Å². The van der Waals surface area contributed by atoms with Crippen LogP contribution in [0.3, 0.4) is 0 Å². The zero-order valence-corrected chi connectivity index (χ0v) is 14.6.